The van der Waals surface area contributed by atoms with Gasteiger partial charge in [0.05, 0.1) is 0 Å². The van der Waals surface area contributed by atoms with Crippen LogP contribution in [0.25, 0.3) is 0 Å². The molecule has 2 heterocycles. The summed E-state index contributed by atoms with van der Waals surface area (Å²) in [7, 11) is 2.15. The number of nitrogens with zero attached hydrogens (tertiary/aromatic N) is 2. The molecule has 0 amide bonds. The van der Waals surface area contributed by atoms with Crippen LogP contribution in [0, 0.1) is 0 Å². The molecule has 1 saturated heterocycles. The standard InChI is InChI=1S/C15H24BrN3/c1-14(2)9-11(10-15(3,4)18-14)19(5)13-8-6-7-12(16)17-13/h6-8,11,18H,9-10H2,1-5H3. The van der Waals surface area contributed by atoms with Crippen molar-refractivity contribution in [2.75, 3.05) is 11.9 Å². The minimum atomic E-state index is 0.159. The van der Waals surface area contributed by atoms with Gasteiger partial charge in [0.1, 0.15) is 10.4 Å². The molecular weight excluding hydrogens is 302 g/mol. The van der Waals surface area contributed by atoms with Gasteiger partial charge in [0.2, 0.25) is 0 Å². The van der Waals surface area contributed by atoms with Crippen LogP contribution in [0.1, 0.15) is 40.5 Å². The lowest BCUT2D eigenvalue weighted by molar-refractivity contribution is 0.160. The SMILES string of the molecule is CN(c1cccc(Br)n1)C1CC(C)(C)NC(C)(C)C1. The Balaban J connectivity index is 2.21. The molecule has 1 aliphatic heterocycles. The molecule has 0 radical (unpaired) electrons. The van der Waals surface area contributed by atoms with Gasteiger partial charge >= 0.3 is 0 Å². The fourth-order valence-corrected chi connectivity index (χ4v) is 3.66. The van der Waals surface area contributed by atoms with Gasteiger partial charge in [-0.3, -0.25) is 0 Å². The van der Waals surface area contributed by atoms with E-state index < -0.39 is 0 Å². The molecule has 106 valence electrons. The van der Waals surface area contributed by atoms with E-state index >= 15 is 0 Å². The van der Waals surface area contributed by atoms with Crippen LogP contribution in [0.4, 0.5) is 5.82 Å². The minimum Gasteiger partial charge on any atom is -0.357 e. The summed E-state index contributed by atoms with van der Waals surface area (Å²) in [6.07, 6.45) is 2.25. The second-order valence-corrected chi connectivity index (χ2v) is 7.70. The molecule has 1 aromatic rings. The van der Waals surface area contributed by atoms with Crippen molar-refractivity contribution in [3.8, 4) is 0 Å². The highest BCUT2D eigenvalue weighted by Gasteiger charge is 2.39. The molecule has 1 aliphatic rings. The highest BCUT2D eigenvalue weighted by atomic mass is 79.9. The van der Waals surface area contributed by atoms with Crippen molar-refractivity contribution in [3.63, 3.8) is 0 Å². The Kier molecular flexibility index (Phi) is 3.94. The Labute approximate surface area is 124 Å². The van der Waals surface area contributed by atoms with Gasteiger partial charge in [0.25, 0.3) is 0 Å². The van der Waals surface area contributed by atoms with Crippen LogP contribution >= 0.6 is 15.9 Å². The van der Waals surface area contributed by atoms with E-state index in [9.17, 15) is 0 Å². The van der Waals surface area contributed by atoms with Crippen molar-refractivity contribution >= 4 is 21.7 Å². The quantitative estimate of drug-likeness (QED) is 0.842. The van der Waals surface area contributed by atoms with E-state index in [1.165, 1.54) is 0 Å². The van der Waals surface area contributed by atoms with Gasteiger partial charge in [-0.1, -0.05) is 6.07 Å². The van der Waals surface area contributed by atoms with Gasteiger partial charge in [0, 0.05) is 24.2 Å². The summed E-state index contributed by atoms with van der Waals surface area (Å²) in [6, 6.07) is 6.59. The van der Waals surface area contributed by atoms with Gasteiger partial charge in [-0.25, -0.2) is 4.98 Å². The third-order valence-corrected chi connectivity index (χ3v) is 4.22. The predicted octanol–water partition coefficient (Wildman–Crippen LogP) is 3.59. The van der Waals surface area contributed by atoms with Gasteiger partial charge in [-0.15, -0.1) is 0 Å². The Hall–Kier alpha value is -0.610. The fourth-order valence-electron chi connectivity index (χ4n) is 3.32. The fraction of sp³-hybridized carbons (Fsp3) is 0.667. The van der Waals surface area contributed by atoms with E-state index in [2.05, 4.69) is 71.9 Å². The molecule has 0 unspecified atom stereocenters. The molecule has 0 aromatic carbocycles. The Morgan fingerprint density at radius 3 is 2.32 bits per heavy atom. The van der Waals surface area contributed by atoms with Gasteiger partial charge in [0.15, 0.2) is 0 Å². The molecule has 1 fully saturated rings. The molecule has 0 atom stereocenters. The average molecular weight is 326 g/mol. The number of anilines is 1. The zero-order valence-electron chi connectivity index (χ0n) is 12.5. The second kappa shape index (κ2) is 5.06. The van der Waals surface area contributed by atoms with Crippen LogP contribution in [0.3, 0.4) is 0 Å². The third-order valence-electron chi connectivity index (χ3n) is 3.78. The van der Waals surface area contributed by atoms with Gasteiger partial charge < -0.3 is 10.2 Å². The van der Waals surface area contributed by atoms with Crippen molar-refractivity contribution < 1.29 is 0 Å². The van der Waals surface area contributed by atoms with Crippen molar-refractivity contribution in [1.29, 1.82) is 0 Å². The topological polar surface area (TPSA) is 28.2 Å². The van der Waals surface area contributed by atoms with E-state index in [1.54, 1.807) is 0 Å². The van der Waals surface area contributed by atoms with Crippen LogP contribution < -0.4 is 10.2 Å². The summed E-state index contributed by atoms with van der Waals surface area (Å²) in [5.74, 6) is 1.04. The monoisotopic (exact) mass is 325 g/mol. The lowest BCUT2D eigenvalue weighted by Crippen LogP contribution is -2.62. The first-order valence-electron chi connectivity index (χ1n) is 6.83. The first-order chi connectivity index (χ1) is 8.69. The molecule has 0 aliphatic carbocycles. The lowest BCUT2D eigenvalue weighted by atomic mass is 9.79. The number of hydrogen-bond donors (Lipinski definition) is 1. The first-order valence-corrected chi connectivity index (χ1v) is 7.63. The smallest absolute Gasteiger partial charge is 0.129 e. The maximum atomic E-state index is 4.57. The van der Waals surface area contributed by atoms with Crippen LogP contribution in [-0.4, -0.2) is 29.2 Å². The van der Waals surface area contributed by atoms with Crippen molar-refractivity contribution in [2.24, 2.45) is 0 Å². The zero-order chi connectivity index (χ0) is 14.3. The molecule has 1 N–H and O–H groups in total. The number of halogens is 1. The Bertz CT molecular complexity index is 440. The predicted molar refractivity (Wildman–Crippen MR) is 84.7 cm³/mol. The van der Waals surface area contributed by atoms with Crippen molar-refractivity contribution in [2.45, 2.75) is 57.7 Å². The van der Waals surface area contributed by atoms with E-state index in [1.807, 2.05) is 12.1 Å². The first kappa shape index (κ1) is 14.8. The summed E-state index contributed by atoms with van der Waals surface area (Å²) in [5.41, 5.74) is 0.319. The van der Waals surface area contributed by atoms with Crippen LogP contribution in [-0.2, 0) is 0 Å². The number of pyridine rings is 1. The number of nitrogens with one attached hydrogen (secondary N) is 1. The summed E-state index contributed by atoms with van der Waals surface area (Å²) < 4.78 is 0.893. The largest absolute Gasteiger partial charge is 0.357 e. The van der Waals surface area contributed by atoms with Crippen LogP contribution in [0.5, 0.6) is 0 Å². The van der Waals surface area contributed by atoms with E-state index in [0.29, 0.717) is 6.04 Å². The summed E-state index contributed by atoms with van der Waals surface area (Å²) in [5, 5.41) is 3.72. The van der Waals surface area contributed by atoms with Crippen LogP contribution in [0.2, 0.25) is 0 Å². The van der Waals surface area contributed by atoms with Crippen molar-refractivity contribution in [1.82, 2.24) is 10.3 Å². The highest BCUT2D eigenvalue weighted by Crippen LogP contribution is 2.32. The molecule has 19 heavy (non-hydrogen) atoms. The summed E-state index contributed by atoms with van der Waals surface area (Å²) in [6.45, 7) is 9.12. The molecule has 3 nitrogen and oxygen atoms in total. The number of piperidine rings is 1. The Morgan fingerprint density at radius 1 is 1.21 bits per heavy atom. The normalized spacial score (nSPS) is 22.2. The zero-order valence-corrected chi connectivity index (χ0v) is 14.1. The highest BCUT2D eigenvalue weighted by molar-refractivity contribution is 9.10. The second-order valence-electron chi connectivity index (χ2n) is 6.88. The average Bonchev–Trinajstić information content (AvgIpc) is 2.23. The number of aromatic nitrogens is 1. The third kappa shape index (κ3) is 3.69. The lowest BCUT2D eigenvalue weighted by Gasteiger charge is -2.49. The Morgan fingerprint density at radius 2 is 1.79 bits per heavy atom. The number of rotatable bonds is 2. The van der Waals surface area contributed by atoms with Gasteiger partial charge in [-0.05, 0) is 68.6 Å². The van der Waals surface area contributed by atoms with Gasteiger partial charge in [-0.2, -0.15) is 0 Å². The molecule has 0 spiro atoms. The number of hydrogen-bond acceptors (Lipinski definition) is 3. The van der Waals surface area contributed by atoms with Crippen LogP contribution in [0.15, 0.2) is 22.8 Å². The molecule has 2 rings (SSSR count). The maximum Gasteiger partial charge on any atom is 0.129 e. The molecule has 0 bridgehead atoms. The summed E-state index contributed by atoms with van der Waals surface area (Å²) in [4.78, 5) is 6.88. The van der Waals surface area contributed by atoms with E-state index in [0.717, 1.165) is 23.3 Å². The molecule has 0 saturated carbocycles. The van der Waals surface area contributed by atoms with E-state index in [4.69, 9.17) is 0 Å². The van der Waals surface area contributed by atoms with Crippen molar-refractivity contribution in [3.05, 3.63) is 22.8 Å². The maximum absolute atomic E-state index is 4.57. The molecule has 4 heteroatoms. The molecule has 1 aromatic heterocycles. The van der Waals surface area contributed by atoms with E-state index in [-0.39, 0.29) is 11.1 Å². The minimum absolute atomic E-state index is 0.159. The summed E-state index contributed by atoms with van der Waals surface area (Å²) >= 11 is 3.45. The molecular formula is C15H24BrN3.